The van der Waals surface area contributed by atoms with Crippen molar-refractivity contribution in [1.82, 2.24) is 14.8 Å². The van der Waals surface area contributed by atoms with Gasteiger partial charge in [-0.05, 0) is 6.07 Å². The number of hydrogen-bond donors (Lipinski definition) is 0. The summed E-state index contributed by atoms with van der Waals surface area (Å²) in [5.41, 5.74) is -0.684. The van der Waals surface area contributed by atoms with Gasteiger partial charge in [0, 0.05) is 6.20 Å². The van der Waals surface area contributed by atoms with Gasteiger partial charge in [-0.2, -0.15) is 23.5 Å². The lowest BCUT2D eigenvalue weighted by atomic mass is 10.3. The molecule has 0 aliphatic rings. The third-order valence-corrected chi connectivity index (χ3v) is 2.36. The van der Waals surface area contributed by atoms with Gasteiger partial charge in [0.2, 0.25) is 0 Å². The van der Waals surface area contributed by atoms with Crippen molar-refractivity contribution in [1.29, 1.82) is 5.26 Å². The zero-order valence-electron chi connectivity index (χ0n) is 8.61. The molecule has 2 aromatic rings. The van der Waals surface area contributed by atoms with E-state index in [0.717, 1.165) is 10.7 Å². The lowest BCUT2D eigenvalue weighted by molar-refractivity contribution is -0.137. The van der Waals surface area contributed by atoms with E-state index in [4.69, 9.17) is 16.9 Å². The van der Waals surface area contributed by atoms with Crippen LogP contribution in [0.1, 0.15) is 11.1 Å². The van der Waals surface area contributed by atoms with Gasteiger partial charge in [0.05, 0.1) is 28.5 Å². The van der Waals surface area contributed by atoms with E-state index in [1.807, 2.05) is 6.07 Å². The molecule has 2 aromatic heterocycles. The number of hydrogen-bond acceptors (Lipinski definition) is 3. The van der Waals surface area contributed by atoms with Gasteiger partial charge in [-0.3, -0.25) is 0 Å². The number of pyridine rings is 1. The van der Waals surface area contributed by atoms with Crippen LogP contribution in [0.15, 0.2) is 24.7 Å². The molecule has 0 N–H and O–H groups in total. The minimum atomic E-state index is -4.50. The average Bonchev–Trinajstić information content (AvgIpc) is 2.76. The Morgan fingerprint density at radius 2 is 2.06 bits per heavy atom. The quantitative estimate of drug-likeness (QED) is 0.802. The van der Waals surface area contributed by atoms with Crippen LogP contribution < -0.4 is 0 Å². The molecular formula is C10H4ClF3N4. The van der Waals surface area contributed by atoms with Crippen LogP contribution in [0.25, 0.3) is 5.82 Å². The molecule has 2 heterocycles. The van der Waals surface area contributed by atoms with Crippen LogP contribution in [-0.2, 0) is 6.18 Å². The topological polar surface area (TPSA) is 54.5 Å². The molecule has 92 valence electrons. The molecule has 8 heteroatoms. The van der Waals surface area contributed by atoms with Gasteiger partial charge < -0.3 is 0 Å². The van der Waals surface area contributed by atoms with Gasteiger partial charge in [-0.1, -0.05) is 11.6 Å². The van der Waals surface area contributed by atoms with Gasteiger partial charge >= 0.3 is 6.18 Å². The monoisotopic (exact) mass is 272 g/mol. The molecule has 0 fully saturated rings. The molecule has 0 bridgehead atoms. The van der Waals surface area contributed by atoms with E-state index >= 15 is 0 Å². The van der Waals surface area contributed by atoms with E-state index in [0.29, 0.717) is 6.20 Å². The van der Waals surface area contributed by atoms with Crippen molar-refractivity contribution in [2.75, 3.05) is 0 Å². The zero-order chi connectivity index (χ0) is 13.3. The van der Waals surface area contributed by atoms with E-state index < -0.39 is 11.7 Å². The molecule has 0 saturated heterocycles. The Balaban J connectivity index is 2.45. The SMILES string of the molecule is N#Cc1cnn(-c2ncc(C(F)(F)F)cc2Cl)c1. The van der Waals surface area contributed by atoms with Crippen LogP contribution in [0.2, 0.25) is 5.02 Å². The van der Waals surface area contributed by atoms with Crippen molar-refractivity contribution in [3.05, 3.63) is 40.8 Å². The number of nitrogens with zero attached hydrogens (tertiary/aromatic N) is 4. The van der Waals surface area contributed by atoms with Gasteiger partial charge in [0.1, 0.15) is 6.07 Å². The van der Waals surface area contributed by atoms with Crippen LogP contribution in [0.4, 0.5) is 13.2 Å². The smallest absolute Gasteiger partial charge is 0.235 e. The Morgan fingerprint density at radius 3 is 2.56 bits per heavy atom. The number of aromatic nitrogens is 3. The summed E-state index contributed by atoms with van der Waals surface area (Å²) < 4.78 is 38.3. The highest BCUT2D eigenvalue weighted by atomic mass is 35.5. The number of halogens is 4. The second kappa shape index (κ2) is 4.31. The first-order chi connectivity index (χ1) is 8.41. The maximum Gasteiger partial charge on any atom is 0.417 e. The van der Waals surface area contributed by atoms with Gasteiger partial charge in [-0.25, -0.2) is 9.67 Å². The molecule has 0 radical (unpaired) electrons. The summed E-state index contributed by atoms with van der Waals surface area (Å²) in [6.07, 6.45) is -1.26. The fourth-order valence-electron chi connectivity index (χ4n) is 1.25. The highest BCUT2D eigenvalue weighted by Crippen LogP contribution is 2.31. The number of alkyl halides is 3. The molecule has 0 amide bonds. The molecular weight excluding hydrogens is 269 g/mol. The van der Waals surface area contributed by atoms with E-state index in [9.17, 15) is 13.2 Å². The van der Waals surface area contributed by atoms with Crippen molar-refractivity contribution in [2.45, 2.75) is 6.18 Å². The molecule has 0 aliphatic heterocycles. The van der Waals surface area contributed by atoms with E-state index in [1.54, 1.807) is 0 Å². The summed E-state index contributed by atoms with van der Waals surface area (Å²) in [4.78, 5) is 3.60. The van der Waals surface area contributed by atoms with Gasteiger partial charge in [-0.15, -0.1) is 0 Å². The highest BCUT2D eigenvalue weighted by Gasteiger charge is 2.31. The van der Waals surface area contributed by atoms with Crippen molar-refractivity contribution < 1.29 is 13.2 Å². The van der Waals surface area contributed by atoms with E-state index in [2.05, 4.69) is 10.1 Å². The molecule has 0 unspecified atom stereocenters. The molecule has 2 rings (SSSR count). The second-order valence-electron chi connectivity index (χ2n) is 3.31. The van der Waals surface area contributed by atoms with E-state index in [1.165, 1.54) is 12.4 Å². The van der Waals surface area contributed by atoms with Gasteiger partial charge in [0.25, 0.3) is 0 Å². The first kappa shape index (κ1) is 12.4. The molecule has 18 heavy (non-hydrogen) atoms. The Hall–Kier alpha value is -2.07. The van der Waals surface area contributed by atoms with Crippen molar-refractivity contribution in [2.24, 2.45) is 0 Å². The predicted octanol–water partition coefficient (Wildman–Crippen LogP) is 2.81. The first-order valence-corrected chi connectivity index (χ1v) is 4.97. The van der Waals surface area contributed by atoms with Crippen LogP contribution in [0.5, 0.6) is 0 Å². The average molecular weight is 273 g/mol. The Kier molecular flexibility index (Phi) is 2.97. The minimum Gasteiger partial charge on any atom is -0.235 e. The molecule has 0 saturated carbocycles. The van der Waals surface area contributed by atoms with Gasteiger partial charge in [0.15, 0.2) is 5.82 Å². The summed E-state index contributed by atoms with van der Waals surface area (Å²) in [7, 11) is 0. The van der Waals surface area contributed by atoms with Crippen LogP contribution in [0, 0.1) is 11.3 Å². The summed E-state index contributed by atoms with van der Waals surface area (Å²) in [5, 5.41) is 12.2. The number of nitriles is 1. The van der Waals surface area contributed by atoms with Crippen LogP contribution in [-0.4, -0.2) is 14.8 Å². The van der Waals surface area contributed by atoms with Crippen LogP contribution >= 0.6 is 11.6 Å². The molecule has 0 aliphatic carbocycles. The second-order valence-corrected chi connectivity index (χ2v) is 3.72. The summed E-state index contributed by atoms with van der Waals surface area (Å²) in [6, 6.07) is 2.60. The Morgan fingerprint density at radius 1 is 1.33 bits per heavy atom. The summed E-state index contributed by atoms with van der Waals surface area (Å²) in [5.74, 6) is 0.0335. The lowest BCUT2D eigenvalue weighted by Crippen LogP contribution is -2.07. The zero-order valence-corrected chi connectivity index (χ0v) is 9.37. The maximum atomic E-state index is 12.4. The first-order valence-electron chi connectivity index (χ1n) is 4.59. The molecule has 0 spiro atoms. The summed E-state index contributed by atoms with van der Waals surface area (Å²) in [6.45, 7) is 0. The standard InChI is InChI=1S/C10H4ClF3N4/c11-8-1-7(10(12,13)14)4-16-9(8)18-5-6(2-15)3-17-18/h1,3-5H. The van der Waals surface area contributed by atoms with Crippen molar-refractivity contribution >= 4 is 11.6 Å². The predicted molar refractivity (Wildman–Crippen MR) is 56.1 cm³/mol. The Labute approximate surface area is 104 Å². The molecule has 0 atom stereocenters. The largest absolute Gasteiger partial charge is 0.417 e. The lowest BCUT2D eigenvalue weighted by Gasteiger charge is -2.08. The highest BCUT2D eigenvalue weighted by molar-refractivity contribution is 6.32. The molecule has 4 nitrogen and oxygen atoms in total. The van der Waals surface area contributed by atoms with Crippen molar-refractivity contribution in [3.8, 4) is 11.9 Å². The number of rotatable bonds is 1. The minimum absolute atomic E-state index is 0.0335. The van der Waals surface area contributed by atoms with Crippen molar-refractivity contribution in [3.63, 3.8) is 0 Å². The normalized spacial score (nSPS) is 11.3. The fraction of sp³-hybridized carbons (Fsp3) is 0.100. The Bertz CT molecular complexity index is 627. The third-order valence-electron chi connectivity index (χ3n) is 2.08. The summed E-state index contributed by atoms with van der Waals surface area (Å²) >= 11 is 5.72. The third kappa shape index (κ3) is 2.28. The fourth-order valence-corrected chi connectivity index (χ4v) is 1.50. The molecule has 0 aromatic carbocycles. The maximum absolute atomic E-state index is 12.4. The van der Waals surface area contributed by atoms with Crippen LogP contribution in [0.3, 0.4) is 0 Å². The van der Waals surface area contributed by atoms with E-state index in [-0.39, 0.29) is 16.4 Å².